The molecule has 2 rings (SSSR count). The highest BCUT2D eigenvalue weighted by atomic mass is 127. The van der Waals surface area contributed by atoms with Crippen LogP contribution in [-0.4, -0.2) is 44.1 Å². The Hall–Kier alpha value is -0.980. The number of hydrogen-bond acceptors (Lipinski definition) is 2. The number of nitrogens with one attached hydrogen (secondary N) is 1. The van der Waals surface area contributed by atoms with Gasteiger partial charge in [-0.15, -0.1) is 24.0 Å². The van der Waals surface area contributed by atoms with E-state index in [0.717, 1.165) is 50.8 Å². The molecule has 0 unspecified atom stereocenters. The van der Waals surface area contributed by atoms with Gasteiger partial charge in [0.05, 0.1) is 6.61 Å². The number of benzene rings is 1. The zero-order valence-electron chi connectivity index (χ0n) is 13.7. The Morgan fingerprint density at radius 2 is 2.09 bits per heavy atom. The molecule has 1 N–H and O–H groups in total. The summed E-state index contributed by atoms with van der Waals surface area (Å²) in [7, 11) is 1.86. The number of aliphatic imine (C=N–C) groups is 1. The summed E-state index contributed by atoms with van der Waals surface area (Å²) in [6.45, 7) is 6.06. The summed E-state index contributed by atoms with van der Waals surface area (Å²) in [5, 5.41) is 3.46. The van der Waals surface area contributed by atoms with Crippen molar-refractivity contribution in [2.75, 3.05) is 33.3 Å². The number of likely N-dealkylation sites (tertiary alicyclic amines) is 1. The minimum absolute atomic E-state index is 0. The third kappa shape index (κ3) is 6.02. The van der Waals surface area contributed by atoms with E-state index in [0.29, 0.717) is 0 Å². The van der Waals surface area contributed by atoms with Gasteiger partial charge < -0.3 is 15.0 Å². The molecule has 5 heteroatoms. The van der Waals surface area contributed by atoms with E-state index < -0.39 is 0 Å². The Bertz CT molecular complexity index is 459. The topological polar surface area (TPSA) is 36.9 Å². The average molecular weight is 417 g/mol. The predicted octanol–water partition coefficient (Wildman–Crippen LogP) is 3.31. The lowest BCUT2D eigenvalue weighted by Gasteiger charge is -2.20. The highest BCUT2D eigenvalue weighted by molar-refractivity contribution is 14.0. The Morgan fingerprint density at radius 1 is 1.32 bits per heavy atom. The normalized spacial score (nSPS) is 14.6. The molecule has 0 bridgehead atoms. The molecule has 1 aliphatic rings. The molecule has 1 saturated heterocycles. The Kier molecular flexibility index (Phi) is 9.27. The number of hydrogen-bond donors (Lipinski definition) is 1. The fraction of sp³-hybridized carbons (Fsp3) is 0.588. The van der Waals surface area contributed by atoms with Crippen LogP contribution in [0.25, 0.3) is 0 Å². The molecule has 0 radical (unpaired) electrons. The van der Waals surface area contributed by atoms with Gasteiger partial charge >= 0.3 is 0 Å². The summed E-state index contributed by atoms with van der Waals surface area (Å²) in [5.41, 5.74) is 1.30. The van der Waals surface area contributed by atoms with E-state index in [9.17, 15) is 0 Å². The van der Waals surface area contributed by atoms with Crippen molar-refractivity contribution in [1.82, 2.24) is 10.2 Å². The first kappa shape index (κ1) is 19.1. The zero-order chi connectivity index (χ0) is 14.9. The van der Waals surface area contributed by atoms with Gasteiger partial charge in [0.1, 0.15) is 5.75 Å². The maximum atomic E-state index is 5.67. The van der Waals surface area contributed by atoms with Crippen LogP contribution in [0.5, 0.6) is 5.75 Å². The van der Waals surface area contributed by atoms with E-state index in [1.54, 1.807) is 0 Å². The molecule has 0 spiro atoms. The molecule has 0 aliphatic carbocycles. The molecule has 1 fully saturated rings. The predicted molar refractivity (Wildman–Crippen MR) is 104 cm³/mol. The second kappa shape index (κ2) is 10.7. The summed E-state index contributed by atoms with van der Waals surface area (Å²) in [6.07, 6.45) is 4.57. The summed E-state index contributed by atoms with van der Waals surface area (Å²) in [5.74, 6) is 2.00. The van der Waals surface area contributed by atoms with Crippen molar-refractivity contribution in [2.45, 2.75) is 32.6 Å². The Labute approximate surface area is 151 Å². The molecule has 0 amide bonds. The van der Waals surface area contributed by atoms with Crippen LogP contribution in [-0.2, 0) is 6.42 Å². The largest absolute Gasteiger partial charge is 0.494 e. The highest BCUT2D eigenvalue weighted by Crippen LogP contribution is 2.14. The Morgan fingerprint density at radius 3 is 2.77 bits per heavy atom. The van der Waals surface area contributed by atoms with Crippen LogP contribution in [0.15, 0.2) is 29.3 Å². The van der Waals surface area contributed by atoms with Crippen LogP contribution in [0.2, 0.25) is 0 Å². The molecule has 124 valence electrons. The third-order valence-corrected chi connectivity index (χ3v) is 3.69. The lowest BCUT2D eigenvalue weighted by Crippen LogP contribution is -2.40. The van der Waals surface area contributed by atoms with E-state index in [1.807, 2.05) is 13.1 Å². The van der Waals surface area contributed by atoms with Gasteiger partial charge in [-0.1, -0.05) is 19.1 Å². The average Bonchev–Trinajstić information content (AvgIpc) is 3.04. The lowest BCUT2D eigenvalue weighted by atomic mass is 10.1. The molecule has 0 saturated carbocycles. The third-order valence-electron chi connectivity index (χ3n) is 3.69. The minimum atomic E-state index is 0. The van der Waals surface area contributed by atoms with E-state index in [-0.39, 0.29) is 24.0 Å². The highest BCUT2D eigenvalue weighted by Gasteiger charge is 2.14. The van der Waals surface area contributed by atoms with Crippen molar-refractivity contribution < 1.29 is 4.74 Å². The quantitative estimate of drug-likeness (QED) is 0.439. The lowest BCUT2D eigenvalue weighted by molar-refractivity contribution is 0.317. The van der Waals surface area contributed by atoms with Crippen LogP contribution < -0.4 is 10.1 Å². The smallest absolute Gasteiger partial charge is 0.193 e. The van der Waals surface area contributed by atoms with E-state index >= 15 is 0 Å². The fourth-order valence-electron chi connectivity index (χ4n) is 2.59. The first-order valence-electron chi connectivity index (χ1n) is 8.01. The number of nitrogens with zero attached hydrogens (tertiary/aromatic N) is 2. The second-order valence-corrected chi connectivity index (χ2v) is 5.41. The molecule has 0 atom stereocenters. The van der Waals surface area contributed by atoms with Gasteiger partial charge in [0.2, 0.25) is 0 Å². The van der Waals surface area contributed by atoms with Crippen molar-refractivity contribution in [3.05, 3.63) is 29.8 Å². The maximum absolute atomic E-state index is 5.67. The van der Waals surface area contributed by atoms with E-state index in [4.69, 9.17) is 4.74 Å². The molecule has 1 aromatic rings. The van der Waals surface area contributed by atoms with Crippen LogP contribution in [0, 0.1) is 0 Å². The summed E-state index contributed by atoms with van der Waals surface area (Å²) in [4.78, 5) is 6.70. The zero-order valence-corrected chi connectivity index (χ0v) is 16.0. The Balaban J connectivity index is 0.00000242. The fourth-order valence-corrected chi connectivity index (χ4v) is 2.59. The van der Waals surface area contributed by atoms with Crippen molar-refractivity contribution >= 4 is 29.9 Å². The van der Waals surface area contributed by atoms with Gasteiger partial charge in [-0.25, -0.2) is 0 Å². The van der Waals surface area contributed by atoms with Crippen LogP contribution in [0.4, 0.5) is 0 Å². The van der Waals surface area contributed by atoms with Gasteiger partial charge in [0.15, 0.2) is 5.96 Å². The first-order chi connectivity index (χ1) is 10.3. The number of guanidine groups is 1. The monoisotopic (exact) mass is 417 g/mol. The van der Waals surface area contributed by atoms with Crippen molar-refractivity contribution in [3.63, 3.8) is 0 Å². The number of halogens is 1. The van der Waals surface area contributed by atoms with Gasteiger partial charge in [-0.3, -0.25) is 4.99 Å². The van der Waals surface area contributed by atoms with Crippen LogP contribution in [0.3, 0.4) is 0 Å². The molecule has 0 aromatic heterocycles. The molecule has 1 aromatic carbocycles. The standard InChI is InChI=1S/C17H27N3O.HI/c1-3-13-21-16-8-6-7-15(14-16)9-10-19-17(18-2)20-11-4-5-12-20;/h6-8,14H,3-5,9-13H2,1-2H3,(H,18,19);1H. The molecule has 1 aliphatic heterocycles. The van der Waals surface area contributed by atoms with Crippen molar-refractivity contribution in [1.29, 1.82) is 0 Å². The molecular formula is C17H28IN3O. The first-order valence-corrected chi connectivity index (χ1v) is 8.01. The molecule has 1 heterocycles. The minimum Gasteiger partial charge on any atom is -0.494 e. The summed E-state index contributed by atoms with van der Waals surface area (Å²) >= 11 is 0. The van der Waals surface area contributed by atoms with Gasteiger partial charge in [0.25, 0.3) is 0 Å². The van der Waals surface area contributed by atoms with Crippen molar-refractivity contribution in [3.8, 4) is 5.75 Å². The second-order valence-electron chi connectivity index (χ2n) is 5.41. The van der Waals surface area contributed by atoms with E-state index in [2.05, 4.69) is 40.3 Å². The molecular weight excluding hydrogens is 389 g/mol. The number of rotatable bonds is 6. The SMILES string of the molecule is CCCOc1cccc(CCNC(=NC)N2CCCC2)c1.I. The van der Waals surface area contributed by atoms with E-state index in [1.165, 1.54) is 18.4 Å². The maximum Gasteiger partial charge on any atom is 0.193 e. The van der Waals surface area contributed by atoms with Gasteiger partial charge in [-0.2, -0.15) is 0 Å². The van der Waals surface area contributed by atoms with Crippen LogP contribution >= 0.6 is 24.0 Å². The van der Waals surface area contributed by atoms with Gasteiger partial charge in [-0.05, 0) is 43.4 Å². The summed E-state index contributed by atoms with van der Waals surface area (Å²) < 4.78 is 5.67. The number of ether oxygens (including phenoxy) is 1. The van der Waals surface area contributed by atoms with Crippen molar-refractivity contribution in [2.24, 2.45) is 4.99 Å². The molecule has 4 nitrogen and oxygen atoms in total. The van der Waals surface area contributed by atoms with Gasteiger partial charge in [0, 0.05) is 26.7 Å². The summed E-state index contributed by atoms with van der Waals surface area (Å²) in [6, 6.07) is 8.38. The molecule has 22 heavy (non-hydrogen) atoms. The van der Waals surface area contributed by atoms with Crippen LogP contribution in [0.1, 0.15) is 31.7 Å².